The van der Waals surface area contributed by atoms with Crippen LogP contribution in [0, 0.1) is 5.92 Å². The molecule has 0 aromatic heterocycles. The molecule has 22 heavy (non-hydrogen) atoms. The third-order valence-corrected chi connectivity index (χ3v) is 5.12. The van der Waals surface area contributed by atoms with Gasteiger partial charge in [0.15, 0.2) is 0 Å². The summed E-state index contributed by atoms with van der Waals surface area (Å²) >= 11 is 1.95. The van der Waals surface area contributed by atoms with Crippen molar-refractivity contribution in [1.29, 1.82) is 0 Å². The highest BCUT2D eigenvalue weighted by atomic mass is 32.2. The first-order valence-electron chi connectivity index (χ1n) is 8.47. The summed E-state index contributed by atoms with van der Waals surface area (Å²) in [6.07, 6.45) is 6.10. The van der Waals surface area contributed by atoms with Crippen LogP contribution in [0.2, 0.25) is 0 Å². The smallest absolute Gasteiger partial charge is 0.123 e. The number of hydrogen-bond donors (Lipinski definition) is 0. The van der Waals surface area contributed by atoms with Crippen LogP contribution < -0.4 is 9.47 Å². The van der Waals surface area contributed by atoms with Gasteiger partial charge in [-0.1, -0.05) is 40.0 Å². The van der Waals surface area contributed by atoms with E-state index in [9.17, 15) is 0 Å². The Hall–Kier alpha value is -0.830. The number of thioether (sulfide) groups is 1. The summed E-state index contributed by atoms with van der Waals surface area (Å²) in [6.45, 7) is 6.79. The Balaban J connectivity index is 2.88. The van der Waals surface area contributed by atoms with E-state index >= 15 is 0 Å². The molecule has 0 aliphatic carbocycles. The van der Waals surface area contributed by atoms with Gasteiger partial charge in [0.2, 0.25) is 0 Å². The lowest BCUT2D eigenvalue weighted by Crippen LogP contribution is -2.04. The van der Waals surface area contributed by atoms with Crippen molar-refractivity contribution in [2.45, 2.75) is 58.6 Å². The van der Waals surface area contributed by atoms with Gasteiger partial charge in [-0.15, -0.1) is 0 Å². The predicted molar refractivity (Wildman–Crippen MR) is 98.4 cm³/mol. The molecule has 1 atom stereocenters. The average molecular weight is 325 g/mol. The summed E-state index contributed by atoms with van der Waals surface area (Å²) in [5.74, 6) is 4.86. The zero-order valence-electron chi connectivity index (χ0n) is 14.9. The molecule has 0 unspecified atom stereocenters. The van der Waals surface area contributed by atoms with Gasteiger partial charge in [-0.05, 0) is 42.2 Å². The summed E-state index contributed by atoms with van der Waals surface area (Å²) in [5, 5.41) is 0. The van der Waals surface area contributed by atoms with Crippen LogP contribution in [-0.2, 0) is 12.2 Å². The van der Waals surface area contributed by atoms with Crippen LogP contribution in [0.25, 0.3) is 0 Å². The fourth-order valence-electron chi connectivity index (χ4n) is 2.65. The molecule has 0 bridgehead atoms. The van der Waals surface area contributed by atoms with Crippen LogP contribution in [0.3, 0.4) is 0 Å². The van der Waals surface area contributed by atoms with Gasteiger partial charge >= 0.3 is 0 Å². The lowest BCUT2D eigenvalue weighted by molar-refractivity contribution is 0.391. The Bertz CT molecular complexity index is 432. The molecule has 0 saturated heterocycles. The first kappa shape index (κ1) is 19.2. The van der Waals surface area contributed by atoms with Gasteiger partial charge in [0, 0.05) is 11.3 Å². The zero-order valence-corrected chi connectivity index (χ0v) is 15.7. The lowest BCUT2D eigenvalue weighted by Gasteiger charge is -2.17. The van der Waals surface area contributed by atoms with E-state index < -0.39 is 0 Å². The Kier molecular flexibility index (Phi) is 9.45. The van der Waals surface area contributed by atoms with Crippen LogP contribution in [0.15, 0.2) is 12.1 Å². The lowest BCUT2D eigenvalue weighted by atomic mass is 9.94. The molecule has 1 aromatic carbocycles. The number of benzene rings is 1. The number of rotatable bonds is 11. The first-order chi connectivity index (χ1) is 10.7. The second kappa shape index (κ2) is 10.8. The van der Waals surface area contributed by atoms with Gasteiger partial charge in [0.05, 0.1) is 14.2 Å². The molecule has 1 aromatic rings. The van der Waals surface area contributed by atoms with Gasteiger partial charge in [-0.2, -0.15) is 11.8 Å². The molecule has 0 aliphatic rings. The molecule has 2 nitrogen and oxygen atoms in total. The first-order valence-corrected chi connectivity index (χ1v) is 9.63. The molecule has 0 radical (unpaired) electrons. The maximum absolute atomic E-state index is 5.63. The van der Waals surface area contributed by atoms with Crippen molar-refractivity contribution in [2.75, 3.05) is 20.0 Å². The molecule has 0 heterocycles. The van der Waals surface area contributed by atoms with E-state index in [0.29, 0.717) is 5.92 Å². The molecule has 0 fully saturated rings. The molecule has 126 valence electrons. The number of hydrogen-bond acceptors (Lipinski definition) is 3. The number of methoxy groups -OCH3 is 2. The number of ether oxygens (including phenoxy) is 2. The van der Waals surface area contributed by atoms with Gasteiger partial charge < -0.3 is 9.47 Å². The third-order valence-electron chi connectivity index (χ3n) is 3.91. The highest BCUT2D eigenvalue weighted by Crippen LogP contribution is 2.33. The summed E-state index contributed by atoms with van der Waals surface area (Å²) in [7, 11) is 3.53. The SMILES string of the molecule is CCCC[C@@H](C)Cc1cc(OC)c(CSCCC)cc1OC. The van der Waals surface area contributed by atoms with E-state index in [0.717, 1.165) is 23.7 Å². The molecule has 0 amide bonds. The highest BCUT2D eigenvalue weighted by molar-refractivity contribution is 7.98. The van der Waals surface area contributed by atoms with Gasteiger partial charge in [0.1, 0.15) is 11.5 Å². The molecular weight excluding hydrogens is 292 g/mol. The van der Waals surface area contributed by atoms with Crippen LogP contribution in [-0.4, -0.2) is 20.0 Å². The van der Waals surface area contributed by atoms with Gasteiger partial charge in [-0.3, -0.25) is 0 Å². The Labute approximate surface area is 141 Å². The van der Waals surface area contributed by atoms with Crippen LogP contribution >= 0.6 is 11.8 Å². The van der Waals surface area contributed by atoms with Crippen LogP contribution in [0.5, 0.6) is 11.5 Å². The van der Waals surface area contributed by atoms with E-state index in [1.54, 1.807) is 14.2 Å². The second-order valence-electron chi connectivity index (χ2n) is 5.98. The van der Waals surface area contributed by atoms with E-state index in [2.05, 4.69) is 32.9 Å². The fourth-order valence-corrected chi connectivity index (χ4v) is 3.53. The third kappa shape index (κ3) is 6.12. The van der Waals surface area contributed by atoms with E-state index in [-0.39, 0.29) is 0 Å². The van der Waals surface area contributed by atoms with Crippen molar-refractivity contribution < 1.29 is 9.47 Å². The Morgan fingerprint density at radius 1 is 1.00 bits per heavy atom. The summed E-state index contributed by atoms with van der Waals surface area (Å²) in [5.41, 5.74) is 2.51. The summed E-state index contributed by atoms with van der Waals surface area (Å²) in [4.78, 5) is 0. The van der Waals surface area contributed by atoms with Gasteiger partial charge in [-0.25, -0.2) is 0 Å². The second-order valence-corrected chi connectivity index (χ2v) is 7.09. The Morgan fingerprint density at radius 3 is 2.23 bits per heavy atom. The number of unbranched alkanes of at least 4 members (excludes halogenated alkanes) is 1. The van der Waals surface area contributed by atoms with E-state index in [4.69, 9.17) is 9.47 Å². The predicted octanol–water partition coefficient (Wildman–Crippen LogP) is 5.72. The maximum Gasteiger partial charge on any atom is 0.123 e. The molecule has 3 heteroatoms. The van der Waals surface area contributed by atoms with Crippen molar-refractivity contribution >= 4 is 11.8 Å². The largest absolute Gasteiger partial charge is 0.496 e. The average Bonchev–Trinajstić information content (AvgIpc) is 2.53. The van der Waals surface area contributed by atoms with Crippen molar-refractivity contribution in [3.63, 3.8) is 0 Å². The van der Waals surface area contributed by atoms with Crippen molar-refractivity contribution in [2.24, 2.45) is 5.92 Å². The topological polar surface area (TPSA) is 18.5 Å². The normalized spacial score (nSPS) is 12.2. The van der Waals surface area contributed by atoms with Crippen LogP contribution in [0.1, 0.15) is 57.6 Å². The molecule has 0 spiro atoms. The minimum atomic E-state index is 0.680. The standard InChI is InChI=1S/C19H32O2S/c1-6-8-9-15(3)11-16-12-19(21-5)17(13-18(16)20-4)14-22-10-7-2/h12-13,15H,6-11,14H2,1-5H3/t15-/m1/s1. The van der Waals surface area contributed by atoms with Gasteiger partial charge in [0.25, 0.3) is 0 Å². The van der Waals surface area contributed by atoms with Crippen LogP contribution in [0.4, 0.5) is 0 Å². The van der Waals surface area contributed by atoms with E-state index in [1.165, 1.54) is 42.6 Å². The highest BCUT2D eigenvalue weighted by Gasteiger charge is 2.14. The van der Waals surface area contributed by atoms with Crippen molar-refractivity contribution in [3.05, 3.63) is 23.3 Å². The summed E-state index contributed by atoms with van der Waals surface area (Å²) in [6, 6.07) is 4.35. The quantitative estimate of drug-likeness (QED) is 0.485. The maximum atomic E-state index is 5.63. The van der Waals surface area contributed by atoms with Crippen molar-refractivity contribution in [3.8, 4) is 11.5 Å². The molecule has 1 rings (SSSR count). The minimum Gasteiger partial charge on any atom is -0.496 e. The summed E-state index contributed by atoms with van der Waals surface area (Å²) < 4.78 is 11.2. The van der Waals surface area contributed by atoms with E-state index in [1.807, 2.05) is 11.8 Å². The molecule has 0 aliphatic heterocycles. The monoisotopic (exact) mass is 324 g/mol. The van der Waals surface area contributed by atoms with Crippen molar-refractivity contribution in [1.82, 2.24) is 0 Å². The molecule has 0 N–H and O–H groups in total. The Morgan fingerprint density at radius 2 is 1.64 bits per heavy atom. The molecule has 0 saturated carbocycles. The fraction of sp³-hybridized carbons (Fsp3) is 0.684. The minimum absolute atomic E-state index is 0.680. The molecular formula is C19H32O2S. The zero-order chi connectivity index (χ0) is 16.4.